The van der Waals surface area contributed by atoms with Crippen LogP contribution in [0, 0.1) is 5.95 Å². The quantitative estimate of drug-likeness (QED) is 0.805. The van der Waals surface area contributed by atoms with Crippen LogP contribution in [0.4, 0.5) is 4.39 Å². The first-order valence-corrected chi connectivity index (χ1v) is 5.67. The van der Waals surface area contributed by atoms with Crippen molar-refractivity contribution in [2.75, 3.05) is 13.1 Å². The van der Waals surface area contributed by atoms with Gasteiger partial charge in [-0.15, -0.1) is 0 Å². The third-order valence-corrected chi connectivity index (χ3v) is 2.95. The molecule has 0 saturated carbocycles. The van der Waals surface area contributed by atoms with Gasteiger partial charge in [-0.25, -0.2) is 4.98 Å². The summed E-state index contributed by atoms with van der Waals surface area (Å²) >= 11 is 0. The predicted molar refractivity (Wildman–Crippen MR) is 60.0 cm³/mol. The first-order valence-electron chi connectivity index (χ1n) is 5.67. The number of pyridine rings is 1. The number of nitrogens with zero attached hydrogens (tertiary/aromatic N) is 2. The molecule has 1 aromatic heterocycles. The molecule has 4 nitrogen and oxygen atoms in total. The Morgan fingerprint density at radius 3 is 2.94 bits per heavy atom. The van der Waals surface area contributed by atoms with Crippen molar-refractivity contribution in [2.24, 2.45) is 0 Å². The molecule has 1 amide bonds. The zero-order chi connectivity index (χ0) is 12.5. The van der Waals surface area contributed by atoms with Crippen LogP contribution in [0.3, 0.4) is 0 Å². The summed E-state index contributed by atoms with van der Waals surface area (Å²) in [6.45, 7) is 2.63. The van der Waals surface area contributed by atoms with E-state index in [-0.39, 0.29) is 11.5 Å². The highest BCUT2D eigenvalue weighted by atomic mass is 19.1. The molecule has 2 rings (SSSR count). The summed E-state index contributed by atoms with van der Waals surface area (Å²) in [7, 11) is 0. The fraction of sp³-hybridized carbons (Fsp3) is 0.500. The summed E-state index contributed by atoms with van der Waals surface area (Å²) in [6.07, 6.45) is 2.82. The van der Waals surface area contributed by atoms with Crippen molar-refractivity contribution in [3.05, 3.63) is 29.8 Å². The second-order valence-electron chi connectivity index (χ2n) is 4.50. The lowest BCUT2D eigenvalue weighted by molar-refractivity contribution is -0.0860. The number of aliphatic hydroxyl groups is 1. The van der Waals surface area contributed by atoms with Crippen LogP contribution in [0.15, 0.2) is 18.3 Å². The van der Waals surface area contributed by atoms with Crippen molar-refractivity contribution < 1.29 is 14.3 Å². The van der Waals surface area contributed by atoms with Crippen molar-refractivity contribution in [1.82, 2.24) is 9.88 Å². The molecule has 1 fully saturated rings. The molecule has 0 radical (unpaired) electrons. The summed E-state index contributed by atoms with van der Waals surface area (Å²) < 4.78 is 12.9. The first kappa shape index (κ1) is 12.0. The Kier molecular flexibility index (Phi) is 3.11. The Hall–Kier alpha value is -1.49. The number of β-amino-alcohol motifs (C(OH)–C–C–N with tert-alkyl or cyclic N) is 1. The summed E-state index contributed by atoms with van der Waals surface area (Å²) in [4.78, 5) is 16.8. The molecule has 0 aliphatic carbocycles. The van der Waals surface area contributed by atoms with E-state index in [0.29, 0.717) is 19.5 Å². The van der Waals surface area contributed by atoms with Crippen LogP contribution in [0.1, 0.15) is 30.1 Å². The molecule has 1 N–H and O–H groups in total. The Balaban J connectivity index is 2.00. The molecule has 0 unspecified atom stereocenters. The van der Waals surface area contributed by atoms with Crippen LogP contribution in [-0.2, 0) is 0 Å². The number of hydrogen-bond acceptors (Lipinski definition) is 3. The van der Waals surface area contributed by atoms with Gasteiger partial charge in [-0.2, -0.15) is 4.39 Å². The van der Waals surface area contributed by atoms with E-state index in [4.69, 9.17) is 0 Å². The van der Waals surface area contributed by atoms with E-state index in [1.54, 1.807) is 0 Å². The van der Waals surface area contributed by atoms with Crippen molar-refractivity contribution in [1.29, 1.82) is 0 Å². The fourth-order valence-electron chi connectivity index (χ4n) is 2.15. The van der Waals surface area contributed by atoms with Gasteiger partial charge < -0.3 is 10.0 Å². The molecule has 1 aliphatic rings. The lowest BCUT2D eigenvalue weighted by Crippen LogP contribution is -2.63. The monoisotopic (exact) mass is 238 g/mol. The minimum absolute atomic E-state index is 0.257. The zero-order valence-electron chi connectivity index (χ0n) is 9.69. The van der Waals surface area contributed by atoms with Gasteiger partial charge in [-0.1, -0.05) is 13.3 Å². The van der Waals surface area contributed by atoms with E-state index in [9.17, 15) is 14.3 Å². The van der Waals surface area contributed by atoms with E-state index < -0.39 is 11.5 Å². The molecule has 2 heterocycles. The van der Waals surface area contributed by atoms with Gasteiger partial charge in [0.05, 0.1) is 18.7 Å². The van der Waals surface area contributed by atoms with Gasteiger partial charge >= 0.3 is 0 Å². The highest BCUT2D eigenvalue weighted by molar-refractivity contribution is 5.94. The average Bonchev–Trinajstić information content (AvgIpc) is 2.25. The van der Waals surface area contributed by atoms with Crippen molar-refractivity contribution in [3.63, 3.8) is 0 Å². The maximum atomic E-state index is 12.9. The van der Waals surface area contributed by atoms with Gasteiger partial charge in [0.15, 0.2) is 0 Å². The highest BCUT2D eigenvalue weighted by Gasteiger charge is 2.42. The minimum Gasteiger partial charge on any atom is -0.386 e. The number of carbonyl (C=O) groups excluding carboxylic acids is 1. The zero-order valence-corrected chi connectivity index (χ0v) is 9.69. The normalized spacial score (nSPS) is 17.7. The Labute approximate surface area is 99.1 Å². The molecule has 92 valence electrons. The Bertz CT molecular complexity index is 430. The topological polar surface area (TPSA) is 53.4 Å². The van der Waals surface area contributed by atoms with Gasteiger partial charge in [0, 0.05) is 17.8 Å². The van der Waals surface area contributed by atoms with E-state index in [1.165, 1.54) is 17.2 Å². The number of hydrogen-bond donors (Lipinski definition) is 1. The molecule has 0 bridgehead atoms. The van der Waals surface area contributed by atoms with Crippen LogP contribution in [0.5, 0.6) is 0 Å². The van der Waals surface area contributed by atoms with Crippen LogP contribution >= 0.6 is 0 Å². The molecule has 17 heavy (non-hydrogen) atoms. The molecular weight excluding hydrogens is 223 g/mol. The maximum Gasteiger partial charge on any atom is 0.254 e. The second-order valence-corrected chi connectivity index (χ2v) is 4.50. The number of likely N-dealkylation sites (tertiary alicyclic amines) is 1. The third-order valence-electron chi connectivity index (χ3n) is 2.95. The fourth-order valence-corrected chi connectivity index (χ4v) is 2.15. The predicted octanol–water partition coefficient (Wildman–Crippen LogP) is 1.21. The summed E-state index contributed by atoms with van der Waals surface area (Å²) in [5.74, 6) is -0.924. The van der Waals surface area contributed by atoms with Crippen LogP contribution in [-0.4, -0.2) is 39.6 Å². The van der Waals surface area contributed by atoms with Crippen LogP contribution < -0.4 is 0 Å². The van der Waals surface area contributed by atoms with Gasteiger partial charge in [-0.05, 0) is 12.5 Å². The summed E-state index contributed by atoms with van der Waals surface area (Å²) in [5.41, 5.74) is -0.480. The van der Waals surface area contributed by atoms with Gasteiger partial charge in [-0.3, -0.25) is 4.79 Å². The number of aromatic nitrogens is 1. The van der Waals surface area contributed by atoms with Gasteiger partial charge in [0.1, 0.15) is 0 Å². The molecule has 1 aliphatic heterocycles. The standard InChI is InChI=1S/C12H15FN2O2/c1-2-4-12(17)7-15(8-12)11(16)9-3-5-14-10(13)6-9/h3,5-6,17H,2,4,7-8H2,1H3. The number of halogens is 1. The Morgan fingerprint density at radius 1 is 1.65 bits per heavy atom. The maximum absolute atomic E-state index is 12.9. The van der Waals surface area contributed by atoms with Crippen LogP contribution in [0.25, 0.3) is 0 Å². The molecular formula is C12H15FN2O2. The van der Waals surface area contributed by atoms with Gasteiger partial charge in [0.25, 0.3) is 5.91 Å². The van der Waals surface area contributed by atoms with Crippen molar-refractivity contribution in [3.8, 4) is 0 Å². The number of carbonyl (C=O) groups is 1. The van der Waals surface area contributed by atoms with Gasteiger partial charge in [0.2, 0.25) is 5.95 Å². The number of rotatable bonds is 3. The SMILES string of the molecule is CCCC1(O)CN(C(=O)c2ccnc(F)c2)C1. The number of amides is 1. The summed E-state index contributed by atoms with van der Waals surface area (Å²) in [5, 5.41) is 9.95. The van der Waals surface area contributed by atoms with Crippen molar-refractivity contribution in [2.45, 2.75) is 25.4 Å². The van der Waals surface area contributed by atoms with E-state index >= 15 is 0 Å². The molecule has 0 aromatic carbocycles. The average molecular weight is 238 g/mol. The third kappa shape index (κ3) is 2.44. The largest absolute Gasteiger partial charge is 0.386 e. The van der Waals surface area contributed by atoms with Crippen molar-refractivity contribution >= 4 is 5.91 Å². The van der Waals surface area contributed by atoms with E-state index in [2.05, 4.69) is 4.98 Å². The smallest absolute Gasteiger partial charge is 0.254 e. The summed E-state index contributed by atoms with van der Waals surface area (Å²) in [6, 6.07) is 2.59. The molecule has 0 atom stereocenters. The first-order chi connectivity index (χ1) is 8.04. The second kappa shape index (κ2) is 4.41. The molecule has 1 saturated heterocycles. The molecule has 1 aromatic rings. The van der Waals surface area contributed by atoms with Crippen LogP contribution in [0.2, 0.25) is 0 Å². The van der Waals surface area contributed by atoms with E-state index in [1.807, 2.05) is 6.92 Å². The lowest BCUT2D eigenvalue weighted by Gasteiger charge is -2.46. The highest BCUT2D eigenvalue weighted by Crippen LogP contribution is 2.27. The minimum atomic E-state index is -0.754. The Morgan fingerprint density at radius 2 is 2.35 bits per heavy atom. The lowest BCUT2D eigenvalue weighted by atomic mass is 9.89. The molecule has 0 spiro atoms. The van der Waals surface area contributed by atoms with E-state index in [0.717, 1.165) is 12.5 Å². The molecule has 5 heteroatoms.